The number of H-pyrrole nitrogens is 1. The Morgan fingerprint density at radius 1 is 1.00 bits per heavy atom. The SMILES string of the molecule is CC(NC(=O)C(Cc1ccccc1)NC(=O)C(Cc1cnc[nH]1)NC(=O)C(N)CO)C(=O)O. The van der Waals surface area contributed by atoms with Gasteiger partial charge in [0.1, 0.15) is 24.2 Å². The fourth-order valence-electron chi connectivity index (χ4n) is 2.89. The van der Waals surface area contributed by atoms with Crippen LogP contribution in [0.5, 0.6) is 0 Å². The predicted octanol–water partition coefficient (Wildman–Crippen LogP) is -1.93. The zero-order chi connectivity index (χ0) is 24.4. The minimum Gasteiger partial charge on any atom is -0.480 e. The summed E-state index contributed by atoms with van der Waals surface area (Å²) in [5, 5.41) is 25.6. The van der Waals surface area contributed by atoms with Crippen molar-refractivity contribution in [2.75, 3.05) is 6.61 Å². The van der Waals surface area contributed by atoms with E-state index >= 15 is 0 Å². The van der Waals surface area contributed by atoms with Crippen LogP contribution in [-0.4, -0.2) is 74.6 Å². The summed E-state index contributed by atoms with van der Waals surface area (Å²) in [4.78, 5) is 55.9. The number of hydrogen-bond acceptors (Lipinski definition) is 7. The number of aromatic amines is 1. The number of amides is 3. The maximum absolute atomic E-state index is 13.1. The largest absolute Gasteiger partial charge is 0.480 e. The molecule has 8 N–H and O–H groups in total. The summed E-state index contributed by atoms with van der Waals surface area (Å²) in [6.07, 6.45) is 2.98. The third-order valence-electron chi connectivity index (χ3n) is 4.79. The van der Waals surface area contributed by atoms with Crippen LogP contribution < -0.4 is 21.7 Å². The second-order valence-electron chi connectivity index (χ2n) is 7.45. The number of carboxylic acids is 1. The molecule has 0 aliphatic carbocycles. The standard InChI is InChI=1S/C21H28N6O6/c1-12(21(32)33)25-19(30)16(7-13-5-3-2-4-6-13)27-20(31)17(8-14-9-23-11-24-14)26-18(29)15(22)10-28/h2-6,9,11-12,15-17,28H,7-8,10,22H2,1H3,(H,23,24)(H,25,30)(H,26,29)(H,27,31)(H,32,33). The van der Waals surface area contributed by atoms with Crippen LogP contribution in [0, 0.1) is 0 Å². The number of aromatic nitrogens is 2. The quantitative estimate of drug-likeness (QED) is 0.190. The van der Waals surface area contributed by atoms with E-state index in [2.05, 4.69) is 25.9 Å². The Labute approximate surface area is 190 Å². The number of nitrogens with two attached hydrogens (primary N) is 1. The molecule has 0 radical (unpaired) electrons. The first-order chi connectivity index (χ1) is 15.7. The number of hydrogen-bond donors (Lipinski definition) is 7. The van der Waals surface area contributed by atoms with E-state index in [0.717, 1.165) is 5.56 Å². The molecular weight excluding hydrogens is 432 g/mol. The number of nitrogens with zero attached hydrogens (tertiary/aromatic N) is 1. The lowest BCUT2D eigenvalue weighted by Crippen LogP contribution is -2.58. The molecule has 178 valence electrons. The molecule has 3 amide bonds. The monoisotopic (exact) mass is 460 g/mol. The van der Waals surface area contributed by atoms with Crippen LogP contribution in [0.1, 0.15) is 18.2 Å². The van der Waals surface area contributed by atoms with E-state index in [-0.39, 0.29) is 12.8 Å². The third-order valence-corrected chi connectivity index (χ3v) is 4.79. The van der Waals surface area contributed by atoms with Crippen molar-refractivity contribution in [3.8, 4) is 0 Å². The first-order valence-corrected chi connectivity index (χ1v) is 10.2. The third kappa shape index (κ3) is 8.01. The molecule has 0 aliphatic heterocycles. The maximum Gasteiger partial charge on any atom is 0.325 e. The summed E-state index contributed by atoms with van der Waals surface area (Å²) in [6.45, 7) is 0.690. The summed E-state index contributed by atoms with van der Waals surface area (Å²) in [5.41, 5.74) is 6.81. The van der Waals surface area contributed by atoms with Gasteiger partial charge in [-0.15, -0.1) is 0 Å². The number of aliphatic hydroxyl groups excluding tert-OH is 1. The molecule has 12 heteroatoms. The number of carboxylic acid groups (broad SMARTS) is 1. The van der Waals surface area contributed by atoms with Gasteiger partial charge < -0.3 is 36.9 Å². The van der Waals surface area contributed by atoms with Gasteiger partial charge in [-0.3, -0.25) is 19.2 Å². The van der Waals surface area contributed by atoms with E-state index in [1.165, 1.54) is 19.4 Å². The molecule has 0 saturated heterocycles. The first kappa shape index (κ1) is 25.5. The fraction of sp³-hybridized carbons (Fsp3) is 0.381. The molecule has 1 aromatic carbocycles. The van der Waals surface area contributed by atoms with E-state index in [0.29, 0.717) is 5.69 Å². The lowest BCUT2D eigenvalue weighted by molar-refractivity contribution is -0.141. The number of carbonyl (C=O) groups is 4. The van der Waals surface area contributed by atoms with Crippen molar-refractivity contribution in [3.05, 3.63) is 54.1 Å². The summed E-state index contributed by atoms with van der Waals surface area (Å²) in [5.74, 6) is -3.36. The van der Waals surface area contributed by atoms with E-state index in [9.17, 15) is 19.2 Å². The molecule has 12 nitrogen and oxygen atoms in total. The molecular formula is C21H28N6O6. The highest BCUT2D eigenvalue weighted by atomic mass is 16.4. The number of nitrogens with one attached hydrogen (secondary N) is 4. The number of aliphatic hydroxyl groups is 1. The highest BCUT2D eigenvalue weighted by Crippen LogP contribution is 2.06. The molecule has 1 aromatic heterocycles. The minimum absolute atomic E-state index is 0.0148. The van der Waals surface area contributed by atoms with Crippen molar-refractivity contribution in [2.45, 2.75) is 43.9 Å². The smallest absolute Gasteiger partial charge is 0.325 e. The van der Waals surface area contributed by atoms with Gasteiger partial charge in [-0.1, -0.05) is 30.3 Å². The number of rotatable bonds is 12. The van der Waals surface area contributed by atoms with Crippen LogP contribution in [0.3, 0.4) is 0 Å². The molecule has 0 fully saturated rings. The van der Waals surface area contributed by atoms with Gasteiger partial charge in [0.2, 0.25) is 17.7 Å². The van der Waals surface area contributed by atoms with Crippen molar-refractivity contribution in [1.29, 1.82) is 0 Å². The maximum atomic E-state index is 13.1. The van der Waals surface area contributed by atoms with Gasteiger partial charge in [0.15, 0.2) is 0 Å². The van der Waals surface area contributed by atoms with Gasteiger partial charge in [0.25, 0.3) is 0 Å². The Kier molecular flexibility index (Phi) is 9.51. The highest BCUT2D eigenvalue weighted by Gasteiger charge is 2.30. The molecule has 0 spiro atoms. The molecule has 2 aromatic rings. The van der Waals surface area contributed by atoms with E-state index in [1.54, 1.807) is 30.3 Å². The van der Waals surface area contributed by atoms with Crippen LogP contribution in [-0.2, 0) is 32.0 Å². The predicted molar refractivity (Wildman–Crippen MR) is 117 cm³/mol. The summed E-state index contributed by atoms with van der Waals surface area (Å²) in [6, 6.07) is 4.19. The Morgan fingerprint density at radius 2 is 1.61 bits per heavy atom. The number of carbonyl (C=O) groups excluding carboxylic acids is 3. The highest BCUT2D eigenvalue weighted by molar-refractivity contribution is 5.94. The van der Waals surface area contributed by atoms with Crippen LogP contribution in [0.4, 0.5) is 0 Å². The average Bonchev–Trinajstić information content (AvgIpc) is 3.31. The Balaban J connectivity index is 2.22. The lowest BCUT2D eigenvalue weighted by atomic mass is 10.0. The van der Waals surface area contributed by atoms with Crippen molar-refractivity contribution in [2.24, 2.45) is 5.73 Å². The van der Waals surface area contributed by atoms with Crippen molar-refractivity contribution in [3.63, 3.8) is 0 Å². The van der Waals surface area contributed by atoms with Crippen LogP contribution in [0.2, 0.25) is 0 Å². The van der Waals surface area contributed by atoms with Crippen LogP contribution in [0.25, 0.3) is 0 Å². The molecule has 1 heterocycles. The van der Waals surface area contributed by atoms with Crippen molar-refractivity contribution in [1.82, 2.24) is 25.9 Å². The summed E-state index contributed by atoms with van der Waals surface area (Å²) >= 11 is 0. The molecule has 2 rings (SSSR count). The van der Waals surface area contributed by atoms with Gasteiger partial charge in [-0.25, -0.2) is 4.98 Å². The number of aliphatic carboxylic acids is 1. The first-order valence-electron chi connectivity index (χ1n) is 10.2. The molecule has 4 unspecified atom stereocenters. The van der Waals surface area contributed by atoms with Crippen LogP contribution >= 0.6 is 0 Å². The second kappa shape index (κ2) is 12.3. The molecule has 33 heavy (non-hydrogen) atoms. The van der Waals surface area contributed by atoms with Crippen molar-refractivity contribution < 1.29 is 29.4 Å². The minimum atomic E-state index is -1.23. The Hall–Kier alpha value is -3.77. The van der Waals surface area contributed by atoms with Crippen LogP contribution in [0.15, 0.2) is 42.9 Å². The summed E-state index contributed by atoms with van der Waals surface area (Å²) < 4.78 is 0. The zero-order valence-corrected chi connectivity index (χ0v) is 18.0. The van der Waals surface area contributed by atoms with Crippen molar-refractivity contribution >= 4 is 23.7 Å². The molecule has 0 saturated carbocycles. The van der Waals surface area contributed by atoms with Gasteiger partial charge >= 0.3 is 5.97 Å². The average molecular weight is 460 g/mol. The zero-order valence-electron chi connectivity index (χ0n) is 18.0. The number of imidazole rings is 1. The Morgan fingerprint density at radius 3 is 2.18 bits per heavy atom. The van der Waals surface area contributed by atoms with E-state index in [1.807, 2.05) is 0 Å². The van der Waals surface area contributed by atoms with Gasteiger partial charge in [0.05, 0.1) is 12.9 Å². The summed E-state index contributed by atoms with van der Waals surface area (Å²) in [7, 11) is 0. The molecule has 0 aliphatic rings. The van der Waals surface area contributed by atoms with E-state index in [4.69, 9.17) is 15.9 Å². The Bertz CT molecular complexity index is 936. The topological polar surface area (TPSA) is 200 Å². The van der Waals surface area contributed by atoms with Gasteiger partial charge in [-0.05, 0) is 12.5 Å². The fourth-order valence-corrected chi connectivity index (χ4v) is 2.89. The van der Waals surface area contributed by atoms with E-state index < -0.39 is 54.5 Å². The number of benzene rings is 1. The molecule has 0 bridgehead atoms. The molecule has 4 atom stereocenters. The van der Waals surface area contributed by atoms with Gasteiger partial charge in [0, 0.05) is 24.7 Å². The second-order valence-corrected chi connectivity index (χ2v) is 7.45. The normalized spacial score (nSPS) is 14.4. The van der Waals surface area contributed by atoms with Gasteiger partial charge in [-0.2, -0.15) is 0 Å². The lowest BCUT2D eigenvalue weighted by Gasteiger charge is -2.24.